The number of likely N-dealkylation sites (tertiary alicyclic amines) is 1. The van der Waals surface area contributed by atoms with Gasteiger partial charge in [-0.15, -0.1) is 0 Å². The Hall–Kier alpha value is -1.37. The van der Waals surface area contributed by atoms with Crippen LogP contribution < -0.4 is 11.3 Å². The Morgan fingerprint density at radius 1 is 1.57 bits per heavy atom. The highest BCUT2D eigenvalue weighted by atomic mass is 35.5. The van der Waals surface area contributed by atoms with Gasteiger partial charge in [0, 0.05) is 19.8 Å². The van der Waals surface area contributed by atoms with Crippen LogP contribution in [-0.4, -0.2) is 54.4 Å². The summed E-state index contributed by atoms with van der Waals surface area (Å²) in [4.78, 5) is 20.5. The highest BCUT2D eigenvalue weighted by molar-refractivity contribution is 6.33. The third-order valence-electron chi connectivity index (χ3n) is 3.94. The molecule has 0 saturated carbocycles. The molecular weight excluding hydrogens is 290 g/mol. The lowest BCUT2D eigenvalue weighted by Crippen LogP contribution is -2.38. The number of nitrogens with two attached hydrogens (primary N) is 1. The van der Waals surface area contributed by atoms with Crippen molar-refractivity contribution in [2.45, 2.75) is 12.8 Å². The monoisotopic (exact) mass is 311 g/mol. The van der Waals surface area contributed by atoms with Crippen LogP contribution in [0.15, 0.2) is 12.3 Å². The van der Waals surface area contributed by atoms with E-state index in [1.54, 1.807) is 11.0 Å². The van der Waals surface area contributed by atoms with Gasteiger partial charge in [0.25, 0.3) is 5.91 Å². The molecule has 0 radical (unpaired) electrons. The molecule has 21 heavy (non-hydrogen) atoms. The molecule has 0 spiro atoms. The fourth-order valence-electron chi connectivity index (χ4n) is 2.60. The lowest BCUT2D eigenvalue weighted by atomic mass is 9.96. The molecule has 6 nitrogen and oxygen atoms in total. The van der Waals surface area contributed by atoms with E-state index in [0.717, 1.165) is 32.5 Å². The molecule has 3 N–H and O–H groups in total. The summed E-state index contributed by atoms with van der Waals surface area (Å²) < 4.78 is 0. The number of halogens is 1. The number of rotatable bonds is 4. The van der Waals surface area contributed by atoms with E-state index in [0.29, 0.717) is 22.3 Å². The van der Waals surface area contributed by atoms with Gasteiger partial charge in [0.15, 0.2) is 5.82 Å². The SMILES string of the molecule is CN1CCC(CN(C)C(=O)c2cnc(NN)c(Cl)c2)CC1. The maximum absolute atomic E-state index is 12.4. The molecule has 2 heterocycles. The van der Waals surface area contributed by atoms with Crippen molar-refractivity contribution in [2.75, 3.05) is 39.2 Å². The van der Waals surface area contributed by atoms with Crippen molar-refractivity contribution in [2.24, 2.45) is 11.8 Å². The van der Waals surface area contributed by atoms with Crippen LogP contribution in [0.1, 0.15) is 23.2 Å². The largest absolute Gasteiger partial charge is 0.341 e. The fourth-order valence-corrected chi connectivity index (χ4v) is 2.82. The van der Waals surface area contributed by atoms with Gasteiger partial charge in [0.05, 0.1) is 10.6 Å². The zero-order valence-corrected chi connectivity index (χ0v) is 13.2. The molecule has 1 aliphatic rings. The first-order chi connectivity index (χ1) is 10.0. The van der Waals surface area contributed by atoms with Crippen molar-refractivity contribution in [1.29, 1.82) is 0 Å². The van der Waals surface area contributed by atoms with E-state index in [1.807, 2.05) is 7.05 Å². The first-order valence-electron chi connectivity index (χ1n) is 7.07. The van der Waals surface area contributed by atoms with Crippen molar-refractivity contribution in [3.05, 3.63) is 22.8 Å². The molecule has 0 unspecified atom stereocenters. The number of hydrazine groups is 1. The molecule has 1 aliphatic heterocycles. The molecule has 1 saturated heterocycles. The first kappa shape index (κ1) is 16.0. The Bertz CT molecular complexity index is 502. The van der Waals surface area contributed by atoms with Crippen molar-refractivity contribution in [1.82, 2.24) is 14.8 Å². The number of piperidine rings is 1. The third kappa shape index (κ3) is 4.06. The predicted molar refractivity (Wildman–Crippen MR) is 84.2 cm³/mol. The first-order valence-corrected chi connectivity index (χ1v) is 7.45. The van der Waals surface area contributed by atoms with E-state index in [4.69, 9.17) is 17.4 Å². The molecule has 7 heteroatoms. The molecule has 1 fully saturated rings. The van der Waals surface area contributed by atoms with E-state index in [2.05, 4.69) is 22.4 Å². The van der Waals surface area contributed by atoms with Gasteiger partial charge in [-0.25, -0.2) is 10.8 Å². The standard InChI is InChI=1S/C14H22ClN5O/c1-19-5-3-10(4-6-19)9-20(2)14(21)11-7-12(15)13(18-16)17-8-11/h7-8,10H,3-6,9,16H2,1-2H3,(H,17,18). The van der Waals surface area contributed by atoms with Crippen LogP contribution in [0.3, 0.4) is 0 Å². The topological polar surface area (TPSA) is 74.5 Å². The van der Waals surface area contributed by atoms with Crippen LogP contribution in [0.5, 0.6) is 0 Å². The molecule has 0 aromatic carbocycles. The van der Waals surface area contributed by atoms with Crippen LogP contribution in [-0.2, 0) is 0 Å². The van der Waals surface area contributed by atoms with E-state index in [9.17, 15) is 4.79 Å². The number of nitrogens with zero attached hydrogens (tertiary/aromatic N) is 3. The Morgan fingerprint density at radius 2 is 2.24 bits per heavy atom. The minimum atomic E-state index is -0.0631. The summed E-state index contributed by atoms with van der Waals surface area (Å²) in [6.07, 6.45) is 3.75. The summed E-state index contributed by atoms with van der Waals surface area (Å²) in [6, 6.07) is 1.59. The average molecular weight is 312 g/mol. The normalized spacial score (nSPS) is 16.8. The van der Waals surface area contributed by atoms with Crippen molar-refractivity contribution >= 4 is 23.3 Å². The molecule has 1 aromatic rings. The van der Waals surface area contributed by atoms with Gasteiger partial charge < -0.3 is 15.2 Å². The lowest BCUT2D eigenvalue weighted by molar-refractivity contribution is 0.0747. The number of carbonyl (C=O) groups is 1. The minimum Gasteiger partial charge on any atom is -0.341 e. The molecule has 1 aromatic heterocycles. The molecule has 0 aliphatic carbocycles. The molecule has 116 valence electrons. The van der Waals surface area contributed by atoms with Crippen LogP contribution >= 0.6 is 11.6 Å². The number of anilines is 1. The van der Waals surface area contributed by atoms with Crippen LogP contribution in [0.2, 0.25) is 5.02 Å². The zero-order chi connectivity index (χ0) is 15.4. The third-order valence-corrected chi connectivity index (χ3v) is 4.23. The van der Waals surface area contributed by atoms with Gasteiger partial charge in [0.1, 0.15) is 0 Å². The Balaban J connectivity index is 1.97. The summed E-state index contributed by atoms with van der Waals surface area (Å²) in [5, 5.41) is 0.344. The second kappa shape index (κ2) is 7.06. The molecule has 1 amide bonds. The van der Waals surface area contributed by atoms with Gasteiger partial charge >= 0.3 is 0 Å². The number of aromatic nitrogens is 1. The summed E-state index contributed by atoms with van der Waals surface area (Å²) in [6.45, 7) is 2.95. The molecule has 2 rings (SSSR count). The number of amides is 1. The van der Waals surface area contributed by atoms with Crippen LogP contribution in [0.4, 0.5) is 5.82 Å². The van der Waals surface area contributed by atoms with Crippen LogP contribution in [0, 0.1) is 5.92 Å². The number of nitrogens with one attached hydrogen (secondary N) is 1. The van der Waals surface area contributed by atoms with Crippen molar-refractivity contribution in [3.63, 3.8) is 0 Å². The summed E-state index contributed by atoms with van der Waals surface area (Å²) in [5.74, 6) is 6.14. The number of pyridine rings is 1. The minimum absolute atomic E-state index is 0.0631. The maximum atomic E-state index is 12.4. The summed E-state index contributed by atoms with van der Waals surface area (Å²) in [7, 11) is 3.95. The van der Waals surface area contributed by atoms with Crippen LogP contribution in [0.25, 0.3) is 0 Å². The number of hydrogen-bond donors (Lipinski definition) is 2. The van der Waals surface area contributed by atoms with Gasteiger partial charge in [0.2, 0.25) is 0 Å². The maximum Gasteiger partial charge on any atom is 0.255 e. The predicted octanol–water partition coefficient (Wildman–Crippen LogP) is 1.43. The van der Waals surface area contributed by atoms with E-state index in [1.165, 1.54) is 6.20 Å². The van der Waals surface area contributed by atoms with Gasteiger partial charge in [-0.3, -0.25) is 4.79 Å². The molecular formula is C14H22ClN5O. The Kier molecular flexibility index (Phi) is 5.39. The Labute approximate surface area is 130 Å². The molecule has 0 bridgehead atoms. The van der Waals surface area contributed by atoms with Gasteiger partial charge in [-0.05, 0) is 45.0 Å². The highest BCUT2D eigenvalue weighted by Gasteiger charge is 2.21. The average Bonchev–Trinajstić information content (AvgIpc) is 2.48. The number of carbonyl (C=O) groups excluding carboxylic acids is 1. The van der Waals surface area contributed by atoms with E-state index in [-0.39, 0.29) is 5.91 Å². The van der Waals surface area contributed by atoms with Crippen molar-refractivity contribution < 1.29 is 4.79 Å². The van der Waals surface area contributed by atoms with Crippen molar-refractivity contribution in [3.8, 4) is 0 Å². The Morgan fingerprint density at radius 3 is 2.81 bits per heavy atom. The fraction of sp³-hybridized carbons (Fsp3) is 0.571. The quantitative estimate of drug-likeness (QED) is 0.650. The summed E-state index contributed by atoms with van der Waals surface area (Å²) in [5.41, 5.74) is 2.87. The lowest BCUT2D eigenvalue weighted by Gasteiger charge is -2.31. The highest BCUT2D eigenvalue weighted by Crippen LogP contribution is 2.21. The second-order valence-corrected chi connectivity index (χ2v) is 6.04. The van der Waals surface area contributed by atoms with Gasteiger partial charge in [-0.1, -0.05) is 11.6 Å². The van der Waals surface area contributed by atoms with Gasteiger partial charge in [-0.2, -0.15) is 0 Å². The zero-order valence-electron chi connectivity index (χ0n) is 12.5. The van der Waals surface area contributed by atoms with E-state index < -0.39 is 0 Å². The number of nitrogen functional groups attached to an aromatic ring is 1. The second-order valence-electron chi connectivity index (χ2n) is 5.63. The smallest absolute Gasteiger partial charge is 0.255 e. The van der Waals surface area contributed by atoms with E-state index >= 15 is 0 Å². The number of hydrogen-bond acceptors (Lipinski definition) is 5. The molecule has 0 atom stereocenters. The summed E-state index contributed by atoms with van der Waals surface area (Å²) >= 11 is 6.00.